The van der Waals surface area contributed by atoms with Crippen LogP contribution >= 0.6 is 0 Å². The van der Waals surface area contributed by atoms with E-state index >= 15 is 0 Å². The predicted octanol–water partition coefficient (Wildman–Crippen LogP) is 6.99. The normalized spacial score (nSPS) is 12.2. The molecule has 0 aliphatic carbocycles. The maximum absolute atomic E-state index is 9.41. The highest BCUT2D eigenvalue weighted by atomic mass is 16.5. The molecular weight excluding hydrogens is 348 g/mol. The zero-order valence-corrected chi connectivity index (χ0v) is 18.6. The third-order valence-corrected chi connectivity index (χ3v) is 5.11. The summed E-state index contributed by atoms with van der Waals surface area (Å²) in [6.07, 6.45) is 23.9. The van der Waals surface area contributed by atoms with Crippen LogP contribution in [0.4, 0.5) is 0 Å². The highest BCUT2D eigenvalue weighted by Gasteiger charge is 2.07. The number of hydrogen-bond donors (Lipinski definition) is 1. The van der Waals surface area contributed by atoms with Gasteiger partial charge in [0.05, 0.1) is 13.2 Å². The Morgan fingerprint density at radius 1 is 0.607 bits per heavy atom. The highest BCUT2D eigenvalue weighted by molar-refractivity contribution is 4.66. The molecule has 0 radical (unpaired) electrons. The third kappa shape index (κ3) is 21.7. The first-order valence-corrected chi connectivity index (χ1v) is 11.9. The minimum absolute atomic E-state index is 0.0496. The van der Waals surface area contributed by atoms with Crippen molar-refractivity contribution < 1.29 is 14.6 Å². The summed E-state index contributed by atoms with van der Waals surface area (Å²) >= 11 is 0. The summed E-state index contributed by atoms with van der Waals surface area (Å²) in [4.78, 5) is 0. The van der Waals surface area contributed by atoms with E-state index in [4.69, 9.17) is 9.47 Å². The van der Waals surface area contributed by atoms with Gasteiger partial charge < -0.3 is 14.6 Å². The fourth-order valence-electron chi connectivity index (χ4n) is 3.27. The molecule has 0 rings (SSSR count). The first-order valence-electron chi connectivity index (χ1n) is 11.9. The van der Waals surface area contributed by atoms with Gasteiger partial charge in [-0.05, 0) is 38.5 Å². The number of aliphatic hydroxyl groups excluding tert-OH is 1. The van der Waals surface area contributed by atoms with E-state index in [0.717, 1.165) is 38.9 Å². The quantitative estimate of drug-likeness (QED) is 0.141. The lowest BCUT2D eigenvalue weighted by Crippen LogP contribution is -2.24. The molecule has 166 valence electrons. The van der Waals surface area contributed by atoms with Gasteiger partial charge in [0.1, 0.15) is 6.10 Å². The summed E-state index contributed by atoms with van der Waals surface area (Å²) in [5, 5.41) is 9.41. The first kappa shape index (κ1) is 27.4. The Morgan fingerprint density at radius 2 is 1.04 bits per heavy atom. The predicted molar refractivity (Wildman–Crippen MR) is 122 cm³/mol. The molecule has 0 aromatic carbocycles. The Labute approximate surface area is 175 Å². The number of aliphatic hydroxyl groups is 1. The molecule has 0 aromatic heterocycles. The maximum atomic E-state index is 9.41. The van der Waals surface area contributed by atoms with E-state index in [2.05, 4.69) is 13.2 Å². The van der Waals surface area contributed by atoms with Crippen molar-refractivity contribution in [3.05, 3.63) is 25.3 Å². The summed E-state index contributed by atoms with van der Waals surface area (Å²) < 4.78 is 11.4. The second kappa shape index (κ2) is 24.4. The molecule has 0 aromatic rings. The molecular formula is C25H48O3. The second-order valence-corrected chi connectivity index (χ2v) is 7.85. The van der Waals surface area contributed by atoms with E-state index in [-0.39, 0.29) is 12.7 Å². The molecule has 0 amide bonds. The van der Waals surface area contributed by atoms with E-state index < -0.39 is 0 Å². The maximum Gasteiger partial charge on any atom is 0.104 e. The lowest BCUT2D eigenvalue weighted by atomic mass is 10.1. The Kier molecular flexibility index (Phi) is 23.8. The van der Waals surface area contributed by atoms with Crippen molar-refractivity contribution in [3.63, 3.8) is 0 Å². The van der Waals surface area contributed by atoms with Crippen LogP contribution in [0.25, 0.3) is 0 Å². The average molecular weight is 397 g/mol. The SMILES string of the molecule is C=CCCCCCCCCCOC[C@H](CO)OCCCCCCCCCC=C. The second-order valence-electron chi connectivity index (χ2n) is 7.85. The molecule has 0 fully saturated rings. The minimum Gasteiger partial charge on any atom is -0.394 e. The molecule has 0 spiro atoms. The fourth-order valence-corrected chi connectivity index (χ4v) is 3.27. The van der Waals surface area contributed by atoms with E-state index in [0.29, 0.717) is 6.61 Å². The van der Waals surface area contributed by atoms with E-state index in [1.807, 2.05) is 12.2 Å². The van der Waals surface area contributed by atoms with Gasteiger partial charge in [-0.2, -0.15) is 0 Å². The zero-order valence-electron chi connectivity index (χ0n) is 18.6. The molecule has 28 heavy (non-hydrogen) atoms. The van der Waals surface area contributed by atoms with Crippen molar-refractivity contribution in [1.29, 1.82) is 0 Å². The van der Waals surface area contributed by atoms with Crippen molar-refractivity contribution in [2.24, 2.45) is 0 Å². The molecule has 0 bridgehead atoms. The standard InChI is InChI=1S/C25H48O3/c1-3-5-7-9-11-13-15-17-19-21-27-24-25(23-26)28-22-20-18-16-14-12-10-8-6-4-2/h3-4,25-26H,1-2,5-24H2/t25-/m0/s1. The van der Waals surface area contributed by atoms with Crippen LogP contribution in [0.5, 0.6) is 0 Å². The lowest BCUT2D eigenvalue weighted by Gasteiger charge is -2.15. The van der Waals surface area contributed by atoms with Gasteiger partial charge in [0, 0.05) is 13.2 Å². The van der Waals surface area contributed by atoms with Crippen LogP contribution < -0.4 is 0 Å². The third-order valence-electron chi connectivity index (χ3n) is 5.11. The van der Waals surface area contributed by atoms with Gasteiger partial charge in [-0.3, -0.25) is 0 Å². The molecule has 0 saturated carbocycles. The van der Waals surface area contributed by atoms with Crippen LogP contribution in [-0.4, -0.2) is 37.6 Å². The molecule has 3 nitrogen and oxygen atoms in total. The van der Waals surface area contributed by atoms with Gasteiger partial charge in [-0.15, -0.1) is 13.2 Å². The van der Waals surface area contributed by atoms with E-state index in [1.165, 1.54) is 77.0 Å². The number of hydrogen-bond acceptors (Lipinski definition) is 3. The van der Waals surface area contributed by atoms with Crippen molar-refractivity contribution in [1.82, 2.24) is 0 Å². The van der Waals surface area contributed by atoms with Crippen molar-refractivity contribution >= 4 is 0 Å². The number of allylic oxidation sites excluding steroid dienone is 2. The molecule has 0 saturated heterocycles. The zero-order chi connectivity index (χ0) is 20.5. The summed E-state index contributed by atoms with van der Waals surface area (Å²) in [6, 6.07) is 0. The van der Waals surface area contributed by atoms with Crippen LogP contribution in [0, 0.1) is 0 Å². The Balaban J connectivity index is 3.29. The van der Waals surface area contributed by atoms with Gasteiger partial charge in [-0.25, -0.2) is 0 Å². The fraction of sp³-hybridized carbons (Fsp3) is 0.840. The monoisotopic (exact) mass is 396 g/mol. The molecule has 3 heteroatoms. The molecule has 0 aliphatic rings. The minimum atomic E-state index is -0.163. The van der Waals surface area contributed by atoms with Crippen molar-refractivity contribution in [2.75, 3.05) is 26.4 Å². The van der Waals surface area contributed by atoms with E-state index in [9.17, 15) is 5.11 Å². The van der Waals surface area contributed by atoms with Gasteiger partial charge in [-0.1, -0.05) is 76.4 Å². The average Bonchev–Trinajstić information content (AvgIpc) is 2.71. The van der Waals surface area contributed by atoms with Crippen molar-refractivity contribution in [2.45, 2.75) is 109 Å². The smallest absolute Gasteiger partial charge is 0.104 e. The van der Waals surface area contributed by atoms with Crippen LogP contribution in [0.15, 0.2) is 25.3 Å². The summed E-state index contributed by atoms with van der Waals surface area (Å²) in [5.74, 6) is 0. The Hall–Kier alpha value is -0.640. The Bertz CT molecular complexity index is 317. The highest BCUT2D eigenvalue weighted by Crippen LogP contribution is 2.10. The lowest BCUT2D eigenvalue weighted by molar-refractivity contribution is -0.0437. The van der Waals surface area contributed by atoms with Gasteiger partial charge in [0.2, 0.25) is 0 Å². The summed E-state index contributed by atoms with van der Waals surface area (Å²) in [5.41, 5.74) is 0. The number of rotatable bonds is 24. The topological polar surface area (TPSA) is 38.7 Å². The van der Waals surface area contributed by atoms with E-state index in [1.54, 1.807) is 0 Å². The number of unbranched alkanes of at least 4 members (excludes halogenated alkanes) is 14. The van der Waals surface area contributed by atoms with Crippen LogP contribution in [0.3, 0.4) is 0 Å². The Morgan fingerprint density at radius 3 is 1.50 bits per heavy atom. The van der Waals surface area contributed by atoms with Gasteiger partial charge in [0.15, 0.2) is 0 Å². The van der Waals surface area contributed by atoms with Crippen LogP contribution in [0.2, 0.25) is 0 Å². The molecule has 0 aliphatic heterocycles. The van der Waals surface area contributed by atoms with Crippen LogP contribution in [0.1, 0.15) is 103 Å². The largest absolute Gasteiger partial charge is 0.394 e. The van der Waals surface area contributed by atoms with Gasteiger partial charge >= 0.3 is 0 Å². The summed E-state index contributed by atoms with van der Waals surface area (Å²) in [7, 11) is 0. The van der Waals surface area contributed by atoms with Crippen LogP contribution in [-0.2, 0) is 9.47 Å². The first-order chi connectivity index (χ1) is 13.8. The number of ether oxygens (including phenoxy) is 2. The molecule has 1 N–H and O–H groups in total. The molecule has 1 atom stereocenters. The molecule has 0 unspecified atom stereocenters. The van der Waals surface area contributed by atoms with Gasteiger partial charge in [0.25, 0.3) is 0 Å². The molecule has 0 heterocycles. The van der Waals surface area contributed by atoms with Crippen molar-refractivity contribution in [3.8, 4) is 0 Å². The summed E-state index contributed by atoms with van der Waals surface area (Å²) in [6.45, 7) is 9.59.